The van der Waals surface area contributed by atoms with E-state index in [0.717, 1.165) is 44.8 Å². The standard InChI is InChI=1S/C24H25N3O3/c28-23(21-10-11-22(26-24(21)29)19-4-2-1-3-5-19)25-20-8-6-18(7-9-20)12-13-27-14-16-30-17-15-27/h1-11H,12-17H2,(H,25,28)(H,26,29). The first-order valence-corrected chi connectivity index (χ1v) is 10.2. The van der Waals surface area contributed by atoms with Crippen molar-refractivity contribution in [2.45, 2.75) is 6.42 Å². The summed E-state index contributed by atoms with van der Waals surface area (Å²) in [6, 6.07) is 20.6. The van der Waals surface area contributed by atoms with Crippen molar-refractivity contribution in [3.63, 3.8) is 0 Å². The molecule has 2 N–H and O–H groups in total. The summed E-state index contributed by atoms with van der Waals surface area (Å²) in [4.78, 5) is 30.1. The summed E-state index contributed by atoms with van der Waals surface area (Å²) in [5.41, 5.74) is 3.14. The second kappa shape index (κ2) is 9.52. The monoisotopic (exact) mass is 403 g/mol. The molecular formula is C24H25N3O3. The van der Waals surface area contributed by atoms with E-state index >= 15 is 0 Å². The third kappa shape index (κ3) is 5.03. The minimum Gasteiger partial charge on any atom is -0.379 e. The number of anilines is 1. The molecule has 0 bridgehead atoms. The van der Waals surface area contributed by atoms with Crippen molar-refractivity contribution in [3.05, 3.63) is 88.2 Å². The Morgan fingerprint density at radius 3 is 2.40 bits per heavy atom. The van der Waals surface area contributed by atoms with Crippen molar-refractivity contribution >= 4 is 11.6 Å². The quantitative estimate of drug-likeness (QED) is 0.663. The molecule has 1 aliphatic rings. The smallest absolute Gasteiger partial charge is 0.261 e. The maximum absolute atomic E-state index is 12.6. The van der Waals surface area contributed by atoms with Gasteiger partial charge >= 0.3 is 0 Å². The molecule has 0 radical (unpaired) electrons. The summed E-state index contributed by atoms with van der Waals surface area (Å²) in [5.74, 6) is -0.420. The molecule has 0 aliphatic carbocycles. The Bertz CT molecular complexity index is 1040. The number of benzene rings is 2. The summed E-state index contributed by atoms with van der Waals surface area (Å²) in [5, 5.41) is 2.81. The number of H-pyrrole nitrogens is 1. The Morgan fingerprint density at radius 1 is 0.967 bits per heavy atom. The number of ether oxygens (including phenoxy) is 1. The highest BCUT2D eigenvalue weighted by atomic mass is 16.5. The fourth-order valence-corrected chi connectivity index (χ4v) is 3.50. The van der Waals surface area contributed by atoms with Gasteiger partial charge < -0.3 is 15.0 Å². The molecule has 6 heteroatoms. The van der Waals surface area contributed by atoms with Gasteiger partial charge in [0.05, 0.1) is 13.2 Å². The van der Waals surface area contributed by atoms with E-state index in [9.17, 15) is 9.59 Å². The van der Waals surface area contributed by atoms with E-state index in [4.69, 9.17) is 4.74 Å². The van der Waals surface area contributed by atoms with Crippen LogP contribution in [-0.2, 0) is 11.2 Å². The topological polar surface area (TPSA) is 74.4 Å². The second-order valence-electron chi connectivity index (χ2n) is 7.34. The average Bonchev–Trinajstić information content (AvgIpc) is 2.80. The van der Waals surface area contributed by atoms with Crippen LogP contribution in [0.2, 0.25) is 0 Å². The summed E-state index contributed by atoms with van der Waals surface area (Å²) < 4.78 is 5.37. The Kier molecular flexibility index (Phi) is 6.37. The van der Waals surface area contributed by atoms with Crippen LogP contribution in [0.4, 0.5) is 5.69 Å². The van der Waals surface area contributed by atoms with Gasteiger partial charge in [0.2, 0.25) is 0 Å². The van der Waals surface area contributed by atoms with E-state index in [-0.39, 0.29) is 5.56 Å². The number of carbonyl (C=O) groups excluding carboxylic acids is 1. The lowest BCUT2D eigenvalue weighted by Crippen LogP contribution is -2.37. The summed E-state index contributed by atoms with van der Waals surface area (Å²) in [7, 11) is 0. The highest BCUT2D eigenvalue weighted by Gasteiger charge is 2.13. The lowest BCUT2D eigenvalue weighted by Gasteiger charge is -2.26. The Morgan fingerprint density at radius 2 is 1.70 bits per heavy atom. The molecule has 2 heterocycles. The molecule has 3 aromatic rings. The highest BCUT2D eigenvalue weighted by molar-refractivity contribution is 6.04. The van der Waals surface area contributed by atoms with Crippen LogP contribution in [0.1, 0.15) is 15.9 Å². The van der Waals surface area contributed by atoms with E-state index in [2.05, 4.69) is 15.2 Å². The largest absolute Gasteiger partial charge is 0.379 e. The zero-order valence-electron chi connectivity index (χ0n) is 16.8. The minimum atomic E-state index is -0.420. The van der Waals surface area contributed by atoms with Gasteiger partial charge in [-0.05, 0) is 41.8 Å². The number of hydrogen-bond donors (Lipinski definition) is 2. The van der Waals surface area contributed by atoms with Crippen LogP contribution in [0.15, 0.2) is 71.5 Å². The van der Waals surface area contributed by atoms with Crippen LogP contribution in [0, 0.1) is 0 Å². The number of amides is 1. The molecule has 30 heavy (non-hydrogen) atoms. The fourth-order valence-electron chi connectivity index (χ4n) is 3.50. The number of nitrogens with one attached hydrogen (secondary N) is 2. The molecule has 6 nitrogen and oxygen atoms in total. The normalized spacial score (nSPS) is 14.4. The number of pyridine rings is 1. The first-order chi connectivity index (χ1) is 14.7. The van der Waals surface area contributed by atoms with Gasteiger partial charge in [0.25, 0.3) is 11.5 Å². The number of nitrogens with zero attached hydrogens (tertiary/aromatic N) is 1. The maximum Gasteiger partial charge on any atom is 0.261 e. The predicted octanol–water partition coefficient (Wildman–Crippen LogP) is 3.17. The Balaban J connectivity index is 1.37. The number of hydrogen-bond acceptors (Lipinski definition) is 4. The zero-order valence-corrected chi connectivity index (χ0v) is 16.8. The SMILES string of the molecule is O=C(Nc1ccc(CCN2CCOCC2)cc1)c1ccc(-c2ccccc2)[nH]c1=O. The fraction of sp³-hybridized carbons (Fsp3) is 0.250. The number of rotatable bonds is 6. The highest BCUT2D eigenvalue weighted by Crippen LogP contribution is 2.16. The van der Waals surface area contributed by atoms with E-state index in [1.54, 1.807) is 12.1 Å². The van der Waals surface area contributed by atoms with E-state index in [1.807, 2.05) is 54.6 Å². The van der Waals surface area contributed by atoms with Crippen molar-refractivity contribution in [2.75, 3.05) is 38.2 Å². The first kappa shape index (κ1) is 20.1. The van der Waals surface area contributed by atoms with Gasteiger partial charge in [-0.1, -0.05) is 42.5 Å². The molecule has 1 aliphatic heterocycles. The van der Waals surface area contributed by atoms with Crippen LogP contribution >= 0.6 is 0 Å². The third-order valence-electron chi connectivity index (χ3n) is 5.27. The average molecular weight is 403 g/mol. The molecule has 0 spiro atoms. The van der Waals surface area contributed by atoms with Gasteiger partial charge in [0.15, 0.2) is 0 Å². The molecule has 1 fully saturated rings. The Hall–Kier alpha value is -3.22. The molecule has 1 amide bonds. The lowest BCUT2D eigenvalue weighted by atomic mass is 10.1. The van der Waals surface area contributed by atoms with Gasteiger partial charge in [0.1, 0.15) is 5.56 Å². The van der Waals surface area contributed by atoms with Crippen LogP contribution in [0.3, 0.4) is 0 Å². The number of carbonyl (C=O) groups is 1. The molecule has 0 saturated carbocycles. The molecule has 4 rings (SSSR count). The molecular weight excluding hydrogens is 378 g/mol. The summed E-state index contributed by atoms with van der Waals surface area (Å²) >= 11 is 0. The summed E-state index contributed by atoms with van der Waals surface area (Å²) in [6.45, 7) is 4.56. The predicted molar refractivity (Wildman–Crippen MR) is 118 cm³/mol. The molecule has 154 valence electrons. The maximum atomic E-state index is 12.6. The van der Waals surface area contributed by atoms with E-state index < -0.39 is 11.5 Å². The lowest BCUT2D eigenvalue weighted by molar-refractivity contribution is 0.0384. The van der Waals surface area contributed by atoms with Crippen molar-refractivity contribution in [2.24, 2.45) is 0 Å². The van der Waals surface area contributed by atoms with E-state index in [0.29, 0.717) is 11.4 Å². The van der Waals surface area contributed by atoms with Crippen molar-refractivity contribution in [1.29, 1.82) is 0 Å². The second-order valence-corrected chi connectivity index (χ2v) is 7.34. The third-order valence-corrected chi connectivity index (χ3v) is 5.27. The number of aromatic amines is 1. The molecule has 0 unspecified atom stereocenters. The molecule has 1 aromatic heterocycles. The van der Waals surface area contributed by atoms with Gasteiger partial charge in [0, 0.05) is 31.0 Å². The van der Waals surface area contributed by atoms with Crippen molar-refractivity contribution in [3.8, 4) is 11.3 Å². The number of aromatic nitrogens is 1. The van der Waals surface area contributed by atoms with E-state index in [1.165, 1.54) is 5.56 Å². The van der Waals surface area contributed by atoms with Crippen LogP contribution < -0.4 is 10.9 Å². The molecule has 0 atom stereocenters. The van der Waals surface area contributed by atoms with Crippen LogP contribution in [-0.4, -0.2) is 48.6 Å². The number of morpholine rings is 1. The van der Waals surface area contributed by atoms with Gasteiger partial charge in [-0.15, -0.1) is 0 Å². The minimum absolute atomic E-state index is 0.0890. The molecule has 1 saturated heterocycles. The van der Waals surface area contributed by atoms with Gasteiger partial charge in [-0.2, -0.15) is 0 Å². The summed E-state index contributed by atoms with van der Waals surface area (Å²) in [6.07, 6.45) is 0.953. The van der Waals surface area contributed by atoms with Crippen molar-refractivity contribution < 1.29 is 9.53 Å². The Labute approximate surface area is 175 Å². The first-order valence-electron chi connectivity index (χ1n) is 10.2. The zero-order chi connectivity index (χ0) is 20.8. The van der Waals surface area contributed by atoms with Crippen LogP contribution in [0.25, 0.3) is 11.3 Å². The van der Waals surface area contributed by atoms with Crippen LogP contribution in [0.5, 0.6) is 0 Å². The van der Waals surface area contributed by atoms with Gasteiger partial charge in [-0.25, -0.2) is 0 Å². The van der Waals surface area contributed by atoms with Gasteiger partial charge in [-0.3, -0.25) is 14.5 Å². The van der Waals surface area contributed by atoms with Crippen molar-refractivity contribution in [1.82, 2.24) is 9.88 Å². The molecule has 2 aromatic carbocycles.